The summed E-state index contributed by atoms with van der Waals surface area (Å²) < 4.78 is 5.71. The number of ether oxygens (including phenoxy) is 1. The highest BCUT2D eigenvalue weighted by molar-refractivity contribution is 6.46. The van der Waals surface area contributed by atoms with E-state index < -0.39 is 0 Å². The molecular weight excluding hydrogens is 412 g/mol. The van der Waals surface area contributed by atoms with Gasteiger partial charge in [-0.05, 0) is 87.7 Å². The number of carbonyl (C=O) groups excluding carboxylic acids is 2. The van der Waals surface area contributed by atoms with Crippen molar-refractivity contribution in [1.29, 1.82) is 0 Å². The first kappa shape index (κ1) is 22.3. The third-order valence-corrected chi connectivity index (χ3v) is 5.49. The third-order valence-electron chi connectivity index (χ3n) is 5.49. The van der Waals surface area contributed by atoms with E-state index in [2.05, 4.69) is 5.32 Å². The first-order valence-corrected chi connectivity index (χ1v) is 11.1. The normalized spacial score (nSPS) is 13.8. The largest absolute Gasteiger partial charge is 0.491 e. The van der Waals surface area contributed by atoms with Gasteiger partial charge in [0.05, 0.1) is 17.4 Å². The lowest BCUT2D eigenvalue weighted by Crippen LogP contribution is -2.32. The quantitative estimate of drug-likeness (QED) is 0.493. The molecule has 168 valence electrons. The molecular formula is C28H28N2O3. The van der Waals surface area contributed by atoms with Gasteiger partial charge in [0, 0.05) is 5.69 Å². The predicted octanol–water partition coefficient (Wildman–Crippen LogP) is 5.80. The Morgan fingerprint density at radius 1 is 0.818 bits per heavy atom. The second-order valence-electron chi connectivity index (χ2n) is 8.67. The first-order valence-electron chi connectivity index (χ1n) is 11.1. The van der Waals surface area contributed by atoms with Gasteiger partial charge in [0.15, 0.2) is 0 Å². The molecule has 0 saturated carbocycles. The Hall–Kier alpha value is -3.86. The summed E-state index contributed by atoms with van der Waals surface area (Å²) in [5.41, 5.74) is 5.67. The van der Waals surface area contributed by atoms with Crippen molar-refractivity contribution in [2.75, 3.05) is 10.2 Å². The van der Waals surface area contributed by atoms with Gasteiger partial charge in [-0.25, -0.2) is 4.90 Å². The first-order chi connectivity index (χ1) is 15.7. The highest BCUT2D eigenvalue weighted by Crippen LogP contribution is 2.35. The summed E-state index contributed by atoms with van der Waals surface area (Å²) in [6.07, 6.45) is 0.0690. The fraction of sp³-hybridized carbons (Fsp3) is 0.214. The van der Waals surface area contributed by atoms with Crippen molar-refractivity contribution in [2.45, 2.75) is 40.7 Å². The zero-order valence-corrected chi connectivity index (χ0v) is 19.6. The molecule has 1 heterocycles. The minimum atomic E-state index is -0.372. The molecule has 3 aromatic carbocycles. The number of nitrogens with zero attached hydrogens (tertiary/aromatic N) is 1. The van der Waals surface area contributed by atoms with Gasteiger partial charge in [0.25, 0.3) is 11.8 Å². The molecule has 0 spiro atoms. The standard InChI is InChI=1S/C28H28N2O3/c1-17(2)33-23-12-10-21(11-13-23)29-26-25(24-14-9-19(4)15-20(24)5)27(31)30(28(26)32)22-8-6-7-18(3)16-22/h6-17,29H,1-5H3. The van der Waals surface area contributed by atoms with Crippen LogP contribution < -0.4 is 15.0 Å². The van der Waals surface area contributed by atoms with Crippen LogP contribution in [0.2, 0.25) is 0 Å². The molecule has 0 saturated heterocycles. The molecule has 1 N–H and O–H groups in total. The Morgan fingerprint density at radius 2 is 1.52 bits per heavy atom. The second-order valence-corrected chi connectivity index (χ2v) is 8.67. The number of aryl methyl sites for hydroxylation is 3. The fourth-order valence-electron chi connectivity index (χ4n) is 4.02. The zero-order chi connectivity index (χ0) is 23.7. The van der Waals surface area contributed by atoms with Gasteiger partial charge in [-0.2, -0.15) is 0 Å². The van der Waals surface area contributed by atoms with Gasteiger partial charge in [-0.3, -0.25) is 9.59 Å². The molecule has 0 atom stereocenters. The molecule has 0 aliphatic carbocycles. The lowest BCUT2D eigenvalue weighted by molar-refractivity contribution is -0.120. The summed E-state index contributed by atoms with van der Waals surface area (Å²) in [6, 6.07) is 20.7. The second kappa shape index (κ2) is 8.94. The number of amides is 2. The Bertz CT molecular complexity index is 1260. The van der Waals surface area contributed by atoms with E-state index in [-0.39, 0.29) is 23.6 Å². The van der Waals surface area contributed by atoms with Crippen LogP contribution in [-0.4, -0.2) is 17.9 Å². The number of benzene rings is 3. The number of hydrogen-bond acceptors (Lipinski definition) is 4. The molecule has 5 nitrogen and oxygen atoms in total. The van der Waals surface area contributed by atoms with Crippen molar-refractivity contribution in [2.24, 2.45) is 0 Å². The lowest BCUT2D eigenvalue weighted by atomic mass is 9.97. The molecule has 0 bridgehead atoms. The summed E-state index contributed by atoms with van der Waals surface area (Å²) in [5, 5.41) is 3.22. The molecule has 3 aromatic rings. The summed E-state index contributed by atoms with van der Waals surface area (Å²) in [4.78, 5) is 28.4. The maximum atomic E-state index is 13.6. The van der Waals surface area contributed by atoms with Crippen molar-refractivity contribution in [3.8, 4) is 5.75 Å². The van der Waals surface area contributed by atoms with Crippen LogP contribution in [0, 0.1) is 20.8 Å². The summed E-state index contributed by atoms with van der Waals surface area (Å²) in [7, 11) is 0. The summed E-state index contributed by atoms with van der Waals surface area (Å²) >= 11 is 0. The van der Waals surface area contributed by atoms with Crippen molar-refractivity contribution < 1.29 is 14.3 Å². The summed E-state index contributed by atoms with van der Waals surface area (Å²) in [5.74, 6) is 0.0391. The van der Waals surface area contributed by atoms with Crippen molar-refractivity contribution in [3.05, 3.63) is 94.7 Å². The van der Waals surface area contributed by atoms with Gasteiger partial charge in [0.2, 0.25) is 0 Å². The molecule has 4 rings (SSSR count). The monoisotopic (exact) mass is 440 g/mol. The molecule has 1 aliphatic heterocycles. The molecule has 1 aliphatic rings. The van der Waals surface area contributed by atoms with Crippen LogP contribution >= 0.6 is 0 Å². The molecule has 33 heavy (non-hydrogen) atoms. The van der Waals surface area contributed by atoms with E-state index >= 15 is 0 Å². The lowest BCUT2D eigenvalue weighted by Gasteiger charge is -2.16. The molecule has 0 unspecified atom stereocenters. The molecule has 0 fully saturated rings. The molecule has 0 aromatic heterocycles. The highest BCUT2D eigenvalue weighted by atomic mass is 16.5. The highest BCUT2D eigenvalue weighted by Gasteiger charge is 2.40. The maximum absolute atomic E-state index is 13.6. The Balaban J connectivity index is 1.78. The Morgan fingerprint density at radius 3 is 2.15 bits per heavy atom. The zero-order valence-electron chi connectivity index (χ0n) is 19.6. The van der Waals surface area contributed by atoms with Crippen LogP contribution in [-0.2, 0) is 9.59 Å². The number of hydrogen-bond donors (Lipinski definition) is 1. The van der Waals surface area contributed by atoms with E-state index in [1.54, 1.807) is 6.07 Å². The van der Waals surface area contributed by atoms with E-state index in [1.165, 1.54) is 4.90 Å². The van der Waals surface area contributed by atoms with Crippen molar-refractivity contribution >= 4 is 28.8 Å². The Kier molecular flexibility index (Phi) is 6.05. The number of anilines is 2. The number of nitrogens with one attached hydrogen (secondary N) is 1. The van der Waals surface area contributed by atoms with Gasteiger partial charge in [-0.1, -0.05) is 35.9 Å². The predicted molar refractivity (Wildman–Crippen MR) is 132 cm³/mol. The summed E-state index contributed by atoms with van der Waals surface area (Å²) in [6.45, 7) is 9.84. The molecule has 2 amide bonds. The number of carbonyl (C=O) groups is 2. The van der Waals surface area contributed by atoms with E-state index in [4.69, 9.17) is 4.74 Å². The van der Waals surface area contributed by atoms with Gasteiger partial charge < -0.3 is 10.1 Å². The minimum Gasteiger partial charge on any atom is -0.491 e. The van der Waals surface area contributed by atoms with Crippen molar-refractivity contribution in [3.63, 3.8) is 0 Å². The van der Waals surface area contributed by atoms with E-state index in [9.17, 15) is 9.59 Å². The van der Waals surface area contributed by atoms with Crippen LogP contribution in [0.1, 0.15) is 36.1 Å². The van der Waals surface area contributed by atoms with Gasteiger partial charge in [0.1, 0.15) is 11.4 Å². The SMILES string of the molecule is Cc1cccc(N2C(=O)C(Nc3ccc(OC(C)C)cc3)=C(c3ccc(C)cc3C)C2=O)c1. The number of imide groups is 1. The van der Waals surface area contributed by atoms with E-state index in [1.807, 2.05) is 95.3 Å². The topological polar surface area (TPSA) is 58.6 Å². The third kappa shape index (κ3) is 4.53. The fourth-order valence-corrected chi connectivity index (χ4v) is 4.02. The van der Waals surface area contributed by atoms with Crippen LogP contribution in [0.3, 0.4) is 0 Å². The average molecular weight is 441 g/mol. The van der Waals surface area contributed by atoms with Crippen LogP contribution in [0.4, 0.5) is 11.4 Å². The van der Waals surface area contributed by atoms with Crippen LogP contribution in [0.25, 0.3) is 5.57 Å². The average Bonchev–Trinajstić information content (AvgIpc) is 2.99. The molecule has 0 radical (unpaired) electrons. The molecule has 5 heteroatoms. The number of rotatable bonds is 6. The van der Waals surface area contributed by atoms with Crippen LogP contribution in [0.5, 0.6) is 5.75 Å². The van der Waals surface area contributed by atoms with E-state index in [0.717, 1.165) is 28.0 Å². The smallest absolute Gasteiger partial charge is 0.282 e. The minimum absolute atomic E-state index is 0.0690. The van der Waals surface area contributed by atoms with Crippen LogP contribution in [0.15, 0.2) is 72.4 Å². The maximum Gasteiger partial charge on any atom is 0.282 e. The van der Waals surface area contributed by atoms with Gasteiger partial charge in [-0.15, -0.1) is 0 Å². The van der Waals surface area contributed by atoms with E-state index in [0.29, 0.717) is 16.9 Å². The Labute approximate surface area is 194 Å². The van der Waals surface area contributed by atoms with Gasteiger partial charge >= 0.3 is 0 Å². The van der Waals surface area contributed by atoms with Crippen molar-refractivity contribution in [1.82, 2.24) is 0 Å².